The zero-order valence-corrected chi connectivity index (χ0v) is 15.6. The first-order valence-electron chi connectivity index (χ1n) is 8.73. The van der Waals surface area contributed by atoms with Crippen LogP contribution in [0.3, 0.4) is 0 Å². The molecule has 0 radical (unpaired) electrons. The van der Waals surface area contributed by atoms with Gasteiger partial charge in [-0.05, 0) is 41.0 Å². The Labute approximate surface area is 144 Å². The Kier molecular flexibility index (Phi) is 4.03. The number of aromatic nitrogens is 1. The first-order valence-corrected chi connectivity index (χ1v) is 8.73. The highest BCUT2D eigenvalue weighted by Gasteiger charge is 2.27. The molecule has 0 saturated heterocycles. The third-order valence-electron chi connectivity index (χ3n) is 4.99. The van der Waals surface area contributed by atoms with Gasteiger partial charge in [0.1, 0.15) is 5.52 Å². The van der Waals surface area contributed by atoms with Crippen LogP contribution >= 0.6 is 0 Å². The number of hydrogen-bond acceptors (Lipinski definition) is 2. The third-order valence-corrected chi connectivity index (χ3v) is 4.99. The van der Waals surface area contributed by atoms with E-state index in [0.717, 1.165) is 23.1 Å². The standard InChI is InChI=1S/C22H27NO/c1-7-22(5,6)17-13-16(21(2,3)4)14-18-19(17)24-20(23-18)15-11-9-8-10-12-15/h8-14H,7H2,1-6H3. The van der Waals surface area contributed by atoms with Crippen molar-refractivity contribution in [2.24, 2.45) is 0 Å². The van der Waals surface area contributed by atoms with E-state index >= 15 is 0 Å². The van der Waals surface area contributed by atoms with Crippen LogP contribution in [0.2, 0.25) is 0 Å². The van der Waals surface area contributed by atoms with E-state index in [1.165, 1.54) is 11.1 Å². The predicted octanol–water partition coefficient (Wildman–Crippen LogP) is 6.48. The van der Waals surface area contributed by atoms with Gasteiger partial charge in [-0.1, -0.05) is 65.8 Å². The van der Waals surface area contributed by atoms with Crippen molar-refractivity contribution in [2.45, 2.75) is 58.8 Å². The maximum atomic E-state index is 6.23. The minimum absolute atomic E-state index is 0.0486. The molecule has 0 N–H and O–H groups in total. The monoisotopic (exact) mass is 321 g/mol. The van der Waals surface area contributed by atoms with Gasteiger partial charge in [0.2, 0.25) is 5.89 Å². The van der Waals surface area contributed by atoms with Gasteiger partial charge in [-0.3, -0.25) is 0 Å². The lowest BCUT2D eigenvalue weighted by Crippen LogP contribution is -2.18. The second-order valence-electron chi connectivity index (χ2n) is 8.24. The van der Waals surface area contributed by atoms with Gasteiger partial charge in [0.25, 0.3) is 0 Å². The lowest BCUT2D eigenvalue weighted by atomic mass is 9.78. The highest BCUT2D eigenvalue weighted by molar-refractivity contribution is 5.81. The molecular weight excluding hydrogens is 294 g/mol. The summed E-state index contributed by atoms with van der Waals surface area (Å²) in [4.78, 5) is 4.80. The minimum atomic E-state index is 0.0486. The molecule has 0 saturated carbocycles. The molecular formula is C22H27NO. The molecule has 0 atom stereocenters. The molecule has 24 heavy (non-hydrogen) atoms. The Morgan fingerprint density at radius 3 is 2.21 bits per heavy atom. The van der Waals surface area contributed by atoms with E-state index in [4.69, 9.17) is 9.40 Å². The molecule has 2 nitrogen and oxygen atoms in total. The second kappa shape index (κ2) is 5.77. The lowest BCUT2D eigenvalue weighted by molar-refractivity contribution is 0.494. The van der Waals surface area contributed by atoms with Gasteiger partial charge >= 0.3 is 0 Å². The van der Waals surface area contributed by atoms with Gasteiger partial charge in [-0.25, -0.2) is 4.98 Å². The average molecular weight is 321 g/mol. The van der Waals surface area contributed by atoms with Crippen molar-refractivity contribution in [3.05, 3.63) is 53.6 Å². The van der Waals surface area contributed by atoms with E-state index in [1.54, 1.807) is 0 Å². The number of benzene rings is 2. The zero-order chi connectivity index (χ0) is 17.5. The lowest BCUT2D eigenvalue weighted by Gasteiger charge is -2.27. The number of hydrogen-bond donors (Lipinski definition) is 0. The molecule has 0 fully saturated rings. The predicted molar refractivity (Wildman–Crippen MR) is 101 cm³/mol. The highest BCUT2D eigenvalue weighted by Crippen LogP contribution is 2.38. The largest absolute Gasteiger partial charge is 0.436 e. The molecule has 3 aromatic rings. The Balaban J connectivity index is 2.29. The molecule has 2 aromatic carbocycles. The summed E-state index contributed by atoms with van der Waals surface area (Å²) in [5.41, 5.74) is 5.59. The van der Waals surface area contributed by atoms with Crippen molar-refractivity contribution in [2.75, 3.05) is 0 Å². The van der Waals surface area contributed by atoms with Gasteiger partial charge in [0, 0.05) is 11.1 Å². The van der Waals surface area contributed by atoms with Crippen LogP contribution in [-0.2, 0) is 10.8 Å². The van der Waals surface area contributed by atoms with E-state index in [9.17, 15) is 0 Å². The van der Waals surface area contributed by atoms with Gasteiger partial charge in [0.05, 0.1) is 0 Å². The summed E-state index contributed by atoms with van der Waals surface area (Å²) in [7, 11) is 0. The fourth-order valence-electron chi connectivity index (χ4n) is 2.86. The Morgan fingerprint density at radius 2 is 1.62 bits per heavy atom. The van der Waals surface area contributed by atoms with E-state index < -0.39 is 0 Å². The molecule has 0 bridgehead atoms. The Hall–Kier alpha value is -2.09. The van der Waals surface area contributed by atoms with E-state index in [0.29, 0.717) is 5.89 Å². The molecule has 126 valence electrons. The molecule has 0 unspecified atom stereocenters. The number of rotatable bonds is 3. The topological polar surface area (TPSA) is 26.0 Å². The highest BCUT2D eigenvalue weighted by atomic mass is 16.3. The van der Waals surface area contributed by atoms with Crippen LogP contribution in [0, 0.1) is 0 Å². The van der Waals surface area contributed by atoms with Crippen LogP contribution in [0.5, 0.6) is 0 Å². The summed E-state index contributed by atoms with van der Waals surface area (Å²) in [5.74, 6) is 0.699. The fraction of sp³-hybridized carbons (Fsp3) is 0.409. The van der Waals surface area contributed by atoms with Gasteiger partial charge in [0.15, 0.2) is 5.58 Å². The van der Waals surface area contributed by atoms with Gasteiger partial charge < -0.3 is 4.42 Å². The third kappa shape index (κ3) is 2.98. The molecule has 0 aliphatic carbocycles. The summed E-state index contributed by atoms with van der Waals surface area (Å²) in [5, 5.41) is 0. The normalized spacial score (nSPS) is 12.8. The summed E-state index contributed by atoms with van der Waals surface area (Å²) in [6.45, 7) is 13.5. The van der Waals surface area contributed by atoms with Crippen LogP contribution < -0.4 is 0 Å². The second-order valence-corrected chi connectivity index (χ2v) is 8.24. The van der Waals surface area contributed by atoms with Crippen LogP contribution in [0.4, 0.5) is 0 Å². The van der Waals surface area contributed by atoms with E-state index in [2.05, 4.69) is 53.7 Å². The number of oxazole rings is 1. The Bertz CT molecular complexity index is 851. The number of fused-ring (bicyclic) bond motifs is 1. The van der Waals surface area contributed by atoms with Crippen molar-refractivity contribution < 1.29 is 4.42 Å². The number of nitrogens with zero attached hydrogens (tertiary/aromatic N) is 1. The van der Waals surface area contributed by atoms with E-state index in [1.807, 2.05) is 30.3 Å². The van der Waals surface area contributed by atoms with Crippen LogP contribution in [0.25, 0.3) is 22.6 Å². The van der Waals surface area contributed by atoms with Crippen molar-refractivity contribution >= 4 is 11.1 Å². The fourth-order valence-corrected chi connectivity index (χ4v) is 2.86. The molecule has 0 aliphatic rings. The quantitative estimate of drug-likeness (QED) is 0.552. The summed E-state index contributed by atoms with van der Waals surface area (Å²) >= 11 is 0. The maximum Gasteiger partial charge on any atom is 0.227 e. The molecule has 0 spiro atoms. The van der Waals surface area contributed by atoms with Crippen molar-refractivity contribution in [3.63, 3.8) is 0 Å². The molecule has 3 rings (SSSR count). The summed E-state index contributed by atoms with van der Waals surface area (Å²) in [6.07, 6.45) is 1.05. The first kappa shape index (κ1) is 16.8. The molecule has 0 amide bonds. The van der Waals surface area contributed by atoms with Crippen molar-refractivity contribution in [1.82, 2.24) is 4.98 Å². The molecule has 0 aliphatic heterocycles. The van der Waals surface area contributed by atoms with Crippen LogP contribution in [0.15, 0.2) is 46.9 Å². The van der Waals surface area contributed by atoms with Crippen LogP contribution in [-0.4, -0.2) is 4.98 Å². The molecule has 2 heteroatoms. The van der Waals surface area contributed by atoms with Gasteiger partial charge in [-0.15, -0.1) is 0 Å². The van der Waals surface area contributed by atoms with E-state index in [-0.39, 0.29) is 10.8 Å². The smallest absolute Gasteiger partial charge is 0.227 e. The average Bonchev–Trinajstić information content (AvgIpc) is 2.97. The van der Waals surface area contributed by atoms with Crippen LogP contribution in [0.1, 0.15) is 59.1 Å². The zero-order valence-electron chi connectivity index (χ0n) is 15.6. The van der Waals surface area contributed by atoms with Crippen molar-refractivity contribution in [1.29, 1.82) is 0 Å². The Morgan fingerprint density at radius 1 is 0.958 bits per heavy atom. The SMILES string of the molecule is CCC(C)(C)c1cc(C(C)(C)C)cc2nc(-c3ccccc3)oc12. The summed E-state index contributed by atoms with van der Waals surface area (Å²) < 4.78 is 6.23. The summed E-state index contributed by atoms with van der Waals surface area (Å²) in [6, 6.07) is 14.6. The maximum absolute atomic E-state index is 6.23. The molecule has 1 aromatic heterocycles. The van der Waals surface area contributed by atoms with Crippen molar-refractivity contribution in [3.8, 4) is 11.5 Å². The van der Waals surface area contributed by atoms with Gasteiger partial charge in [-0.2, -0.15) is 0 Å². The molecule has 1 heterocycles. The minimum Gasteiger partial charge on any atom is -0.436 e. The first-order chi connectivity index (χ1) is 11.2.